The average Bonchev–Trinajstić information content (AvgIpc) is 2.42. The lowest BCUT2D eigenvalue weighted by Gasteiger charge is -1.94. The molecule has 4 heteroatoms. The molecule has 0 saturated carbocycles. The molecule has 0 aliphatic rings. The van der Waals surface area contributed by atoms with Gasteiger partial charge in [0.15, 0.2) is 5.06 Å². The number of fused-ring (bicyclic) bond motifs is 1. The molecule has 1 heterocycles. The quantitative estimate of drug-likeness (QED) is 0.652. The topological polar surface area (TPSA) is 44.0 Å². The van der Waals surface area contributed by atoms with Crippen molar-refractivity contribution in [2.24, 2.45) is 0 Å². The molecule has 1 aromatic carbocycles. The molecule has 0 unspecified atom stereocenters. The highest BCUT2D eigenvalue weighted by Crippen LogP contribution is 2.33. The van der Waals surface area contributed by atoms with Gasteiger partial charge in [0.1, 0.15) is 6.07 Å². The maximum Gasteiger partial charge on any atom is 0.172 e. The fourth-order valence-electron chi connectivity index (χ4n) is 1.15. The summed E-state index contributed by atoms with van der Waals surface area (Å²) in [6.45, 7) is 0. The molecule has 0 bridgehead atoms. The van der Waals surface area contributed by atoms with Crippen molar-refractivity contribution >= 4 is 34.1 Å². The van der Waals surface area contributed by atoms with Crippen LogP contribution in [0.25, 0.3) is 10.1 Å². The van der Waals surface area contributed by atoms with Crippen molar-refractivity contribution in [1.29, 1.82) is 5.26 Å². The third-order valence-electron chi connectivity index (χ3n) is 1.74. The second kappa shape index (κ2) is 2.95. The van der Waals surface area contributed by atoms with Crippen LogP contribution in [-0.2, 0) is 0 Å². The lowest BCUT2D eigenvalue weighted by Crippen LogP contribution is -1.75. The van der Waals surface area contributed by atoms with Gasteiger partial charge >= 0.3 is 0 Å². The number of hydrogen-bond donors (Lipinski definition) is 2. The zero-order valence-electron chi connectivity index (χ0n) is 6.48. The van der Waals surface area contributed by atoms with Gasteiger partial charge in [-0.15, -0.1) is 12.6 Å². The highest BCUT2D eigenvalue weighted by Gasteiger charge is 2.04. The number of aromatic hydroxyl groups is 1. The Bertz CT molecular complexity index is 510. The molecule has 0 aliphatic heterocycles. The summed E-state index contributed by atoms with van der Waals surface area (Å²) in [5, 5.41) is 19.1. The van der Waals surface area contributed by atoms with Gasteiger partial charge in [0.2, 0.25) is 0 Å². The molecule has 2 rings (SSSR count). The molecule has 0 saturated heterocycles. The van der Waals surface area contributed by atoms with Crippen molar-refractivity contribution in [3.63, 3.8) is 0 Å². The van der Waals surface area contributed by atoms with Crippen LogP contribution in [0.1, 0.15) is 5.56 Å². The molecule has 0 aliphatic carbocycles. The highest BCUT2D eigenvalue weighted by molar-refractivity contribution is 7.80. The number of benzene rings is 1. The largest absolute Gasteiger partial charge is 0.499 e. The summed E-state index contributed by atoms with van der Waals surface area (Å²) in [5.41, 5.74) is 0.540. The van der Waals surface area contributed by atoms with Crippen LogP contribution in [0.4, 0.5) is 0 Å². The Morgan fingerprint density at radius 1 is 1.38 bits per heavy atom. The molecular weight excluding hydrogens is 202 g/mol. The van der Waals surface area contributed by atoms with E-state index >= 15 is 0 Å². The van der Waals surface area contributed by atoms with E-state index in [2.05, 4.69) is 12.6 Å². The third kappa shape index (κ3) is 1.37. The maximum absolute atomic E-state index is 9.22. The predicted octanol–water partition coefficient (Wildman–Crippen LogP) is 2.77. The maximum atomic E-state index is 9.22. The van der Waals surface area contributed by atoms with E-state index in [0.717, 1.165) is 10.1 Å². The molecule has 2 aromatic rings. The van der Waals surface area contributed by atoms with Crippen molar-refractivity contribution < 1.29 is 5.11 Å². The fourth-order valence-corrected chi connectivity index (χ4v) is 2.23. The van der Waals surface area contributed by atoms with E-state index in [1.807, 2.05) is 6.07 Å². The summed E-state index contributed by atoms with van der Waals surface area (Å²) in [7, 11) is 0. The Labute approximate surface area is 84.5 Å². The van der Waals surface area contributed by atoms with Gasteiger partial charge in [-0.25, -0.2) is 0 Å². The average molecular weight is 207 g/mol. The van der Waals surface area contributed by atoms with Crippen molar-refractivity contribution in [2.75, 3.05) is 0 Å². The lowest BCUT2D eigenvalue weighted by atomic mass is 10.2. The van der Waals surface area contributed by atoms with Crippen molar-refractivity contribution in [3.05, 3.63) is 23.8 Å². The zero-order chi connectivity index (χ0) is 9.42. The summed E-state index contributed by atoms with van der Waals surface area (Å²) in [6, 6.07) is 7.24. The van der Waals surface area contributed by atoms with E-state index in [1.54, 1.807) is 18.2 Å². The second-order valence-electron chi connectivity index (χ2n) is 2.60. The third-order valence-corrected chi connectivity index (χ3v) is 3.01. The van der Waals surface area contributed by atoms with E-state index in [1.165, 1.54) is 11.3 Å². The van der Waals surface area contributed by atoms with Gasteiger partial charge in [-0.05, 0) is 23.6 Å². The van der Waals surface area contributed by atoms with Crippen LogP contribution in [0, 0.1) is 11.3 Å². The van der Waals surface area contributed by atoms with Crippen LogP contribution in [0.15, 0.2) is 23.1 Å². The molecular formula is C9H5NOS2. The van der Waals surface area contributed by atoms with E-state index < -0.39 is 0 Å². The Morgan fingerprint density at radius 3 is 2.85 bits per heavy atom. The Morgan fingerprint density at radius 2 is 2.15 bits per heavy atom. The monoisotopic (exact) mass is 207 g/mol. The Balaban J connectivity index is 2.82. The molecule has 1 aromatic heterocycles. The predicted molar refractivity (Wildman–Crippen MR) is 55.5 cm³/mol. The minimum absolute atomic E-state index is 0.262. The molecule has 0 spiro atoms. The van der Waals surface area contributed by atoms with Gasteiger partial charge in [-0.1, -0.05) is 11.3 Å². The van der Waals surface area contributed by atoms with Crippen LogP contribution in [0.2, 0.25) is 0 Å². The molecule has 0 radical (unpaired) electrons. The Kier molecular flexibility index (Phi) is 1.91. The molecule has 0 amide bonds. The molecule has 64 valence electrons. The van der Waals surface area contributed by atoms with Crippen LogP contribution < -0.4 is 0 Å². The van der Waals surface area contributed by atoms with Gasteiger partial charge < -0.3 is 5.11 Å². The summed E-state index contributed by atoms with van der Waals surface area (Å²) in [5.74, 6) is 0. The number of hydrogen-bond acceptors (Lipinski definition) is 4. The molecule has 0 atom stereocenters. The molecule has 13 heavy (non-hydrogen) atoms. The van der Waals surface area contributed by atoms with E-state index in [9.17, 15) is 5.11 Å². The molecule has 2 nitrogen and oxygen atoms in total. The first-order valence-corrected chi connectivity index (χ1v) is 4.82. The number of nitriles is 1. The summed E-state index contributed by atoms with van der Waals surface area (Å²) >= 11 is 5.42. The van der Waals surface area contributed by atoms with Gasteiger partial charge in [-0.2, -0.15) is 5.26 Å². The first kappa shape index (κ1) is 8.42. The number of nitrogens with zero attached hydrogens (tertiary/aromatic N) is 1. The normalized spacial score (nSPS) is 10.2. The van der Waals surface area contributed by atoms with Crippen LogP contribution >= 0.6 is 24.0 Å². The van der Waals surface area contributed by atoms with E-state index in [0.29, 0.717) is 10.5 Å². The van der Waals surface area contributed by atoms with Crippen molar-refractivity contribution in [2.45, 2.75) is 4.90 Å². The van der Waals surface area contributed by atoms with Gasteiger partial charge in [0, 0.05) is 9.60 Å². The minimum Gasteiger partial charge on any atom is -0.499 e. The Hall–Kier alpha value is -1.18. The second-order valence-corrected chi connectivity index (χ2v) is 4.15. The first-order chi connectivity index (χ1) is 6.20. The molecule has 0 fully saturated rings. The number of rotatable bonds is 0. The van der Waals surface area contributed by atoms with E-state index in [4.69, 9.17) is 5.26 Å². The summed E-state index contributed by atoms with van der Waals surface area (Å²) < 4.78 is 0.909. The van der Waals surface area contributed by atoms with Gasteiger partial charge in [0.25, 0.3) is 0 Å². The standard InChI is InChI=1S/C9H5NOS2/c10-4-6-2-8-5(1-7(6)12)3-9(11)13-8/h1-3,11-12H. The van der Waals surface area contributed by atoms with Gasteiger partial charge in [-0.3, -0.25) is 0 Å². The fraction of sp³-hybridized carbons (Fsp3) is 0. The summed E-state index contributed by atoms with van der Waals surface area (Å²) in [6.07, 6.45) is 0. The molecule has 1 N–H and O–H groups in total. The zero-order valence-corrected chi connectivity index (χ0v) is 8.19. The van der Waals surface area contributed by atoms with Gasteiger partial charge in [0.05, 0.1) is 5.56 Å². The van der Waals surface area contributed by atoms with Crippen LogP contribution in [-0.4, -0.2) is 5.11 Å². The first-order valence-electron chi connectivity index (χ1n) is 3.56. The lowest BCUT2D eigenvalue weighted by molar-refractivity contribution is 0.491. The van der Waals surface area contributed by atoms with Crippen LogP contribution in [0.5, 0.6) is 5.06 Å². The number of thiophene rings is 1. The van der Waals surface area contributed by atoms with Crippen molar-refractivity contribution in [1.82, 2.24) is 0 Å². The summed E-state index contributed by atoms with van der Waals surface area (Å²) in [4.78, 5) is 0.646. The van der Waals surface area contributed by atoms with E-state index in [-0.39, 0.29) is 5.06 Å². The minimum atomic E-state index is 0.262. The SMILES string of the molecule is N#Cc1cc2sc(O)cc2cc1S. The van der Waals surface area contributed by atoms with Crippen molar-refractivity contribution in [3.8, 4) is 11.1 Å². The smallest absolute Gasteiger partial charge is 0.172 e. The number of thiol groups is 1. The highest BCUT2D eigenvalue weighted by atomic mass is 32.1. The van der Waals surface area contributed by atoms with Crippen LogP contribution in [0.3, 0.4) is 0 Å².